The van der Waals surface area contributed by atoms with E-state index in [1.165, 1.54) is 0 Å². The summed E-state index contributed by atoms with van der Waals surface area (Å²) in [5, 5.41) is 9.62. The molecule has 3 nitrogen and oxygen atoms in total. The summed E-state index contributed by atoms with van der Waals surface area (Å²) in [4.78, 5) is 0. The van der Waals surface area contributed by atoms with Gasteiger partial charge >= 0.3 is 0 Å². The molecule has 1 spiro atoms. The van der Waals surface area contributed by atoms with E-state index in [4.69, 9.17) is 9.47 Å². The highest BCUT2D eigenvalue weighted by molar-refractivity contribution is 4.98. The first-order valence-corrected chi connectivity index (χ1v) is 6.44. The van der Waals surface area contributed by atoms with Crippen LogP contribution in [0.15, 0.2) is 0 Å². The number of hydrogen-bond donors (Lipinski definition) is 1. The van der Waals surface area contributed by atoms with Crippen LogP contribution in [0.1, 0.15) is 39.5 Å². The van der Waals surface area contributed by atoms with E-state index in [9.17, 15) is 5.11 Å². The molecule has 0 unspecified atom stereocenters. The quantitative estimate of drug-likeness (QED) is 0.686. The van der Waals surface area contributed by atoms with Gasteiger partial charge in [-0.1, -0.05) is 13.8 Å². The molecule has 92 valence electrons. The molecule has 3 atom stereocenters. The Hall–Kier alpha value is -0.120. The van der Waals surface area contributed by atoms with E-state index in [0.29, 0.717) is 11.8 Å². The molecule has 0 aromatic rings. The van der Waals surface area contributed by atoms with Crippen LogP contribution in [-0.2, 0) is 9.47 Å². The maximum Gasteiger partial charge on any atom is 0.168 e. The lowest BCUT2D eigenvalue weighted by atomic mass is 9.94. The predicted octanol–water partition coefficient (Wildman–Crippen LogP) is 1.94. The molecule has 0 aromatic heterocycles. The molecule has 2 saturated carbocycles. The molecule has 1 N–H and O–H groups in total. The molecule has 0 amide bonds. The molecule has 0 radical (unpaired) electrons. The lowest BCUT2D eigenvalue weighted by Crippen LogP contribution is -2.46. The molecule has 0 bridgehead atoms. The zero-order valence-corrected chi connectivity index (χ0v) is 10.2. The minimum Gasteiger partial charge on any atom is -0.393 e. The van der Waals surface area contributed by atoms with Crippen molar-refractivity contribution in [3.05, 3.63) is 0 Å². The van der Waals surface area contributed by atoms with Gasteiger partial charge in [0.1, 0.15) is 0 Å². The van der Waals surface area contributed by atoms with Crippen LogP contribution < -0.4 is 0 Å². The summed E-state index contributed by atoms with van der Waals surface area (Å²) in [5.74, 6) is 0.942. The number of ether oxygens (including phenoxy) is 2. The van der Waals surface area contributed by atoms with Gasteiger partial charge in [-0.05, 0) is 24.7 Å². The van der Waals surface area contributed by atoms with Gasteiger partial charge in [0.05, 0.1) is 19.3 Å². The first kappa shape index (κ1) is 11.0. The van der Waals surface area contributed by atoms with E-state index in [-0.39, 0.29) is 17.3 Å². The molecule has 0 aromatic carbocycles. The summed E-state index contributed by atoms with van der Waals surface area (Å²) >= 11 is 0. The Morgan fingerprint density at radius 3 is 2.00 bits per heavy atom. The van der Waals surface area contributed by atoms with Crippen molar-refractivity contribution in [3.63, 3.8) is 0 Å². The van der Waals surface area contributed by atoms with Crippen molar-refractivity contribution in [3.8, 4) is 0 Å². The zero-order chi connectivity index (χ0) is 11.4. The Morgan fingerprint density at radius 2 is 1.50 bits per heavy atom. The normalized spacial score (nSPS) is 44.8. The Bertz CT molecular complexity index is 261. The highest BCUT2D eigenvalue weighted by Gasteiger charge is 2.53. The fourth-order valence-electron chi connectivity index (χ4n) is 3.54. The van der Waals surface area contributed by atoms with Crippen molar-refractivity contribution in [2.75, 3.05) is 13.2 Å². The first-order chi connectivity index (χ1) is 7.48. The van der Waals surface area contributed by atoms with Crippen LogP contribution in [0.5, 0.6) is 0 Å². The molecular formula is C13H22O3. The summed E-state index contributed by atoms with van der Waals surface area (Å²) in [6.07, 6.45) is 3.80. The number of fused-ring (bicyclic) bond motifs is 1. The van der Waals surface area contributed by atoms with Crippen LogP contribution in [0.2, 0.25) is 0 Å². The molecule has 3 rings (SSSR count). The van der Waals surface area contributed by atoms with E-state index >= 15 is 0 Å². The van der Waals surface area contributed by atoms with Crippen LogP contribution in [0.4, 0.5) is 0 Å². The Morgan fingerprint density at radius 1 is 1.00 bits per heavy atom. The molecular weight excluding hydrogens is 204 g/mol. The second-order valence-electron chi connectivity index (χ2n) is 6.71. The molecule has 16 heavy (non-hydrogen) atoms. The lowest BCUT2D eigenvalue weighted by molar-refractivity contribution is -0.297. The lowest BCUT2D eigenvalue weighted by Gasteiger charge is -2.42. The third-order valence-electron chi connectivity index (χ3n) is 4.41. The maximum atomic E-state index is 9.62. The van der Waals surface area contributed by atoms with Crippen molar-refractivity contribution in [1.29, 1.82) is 0 Å². The number of aliphatic hydroxyl groups excluding tert-OH is 1. The van der Waals surface area contributed by atoms with Crippen molar-refractivity contribution in [1.82, 2.24) is 0 Å². The predicted molar refractivity (Wildman–Crippen MR) is 59.9 cm³/mol. The highest BCUT2D eigenvalue weighted by atomic mass is 16.7. The Labute approximate surface area is 97.1 Å². The van der Waals surface area contributed by atoms with E-state index in [1.807, 2.05) is 0 Å². The average Bonchev–Trinajstić information content (AvgIpc) is 2.66. The number of hydrogen-bond acceptors (Lipinski definition) is 3. The standard InChI is InChI=1S/C13H22O3/c1-12(2)7-15-13(16-8-12)5-9-3-11(14)4-10(9)6-13/h9-11,14H,3-8H2,1-2H3/t9-,10+,11+. The highest BCUT2D eigenvalue weighted by Crippen LogP contribution is 2.52. The third kappa shape index (κ3) is 1.79. The van der Waals surface area contributed by atoms with Crippen molar-refractivity contribution < 1.29 is 14.6 Å². The summed E-state index contributed by atoms with van der Waals surface area (Å²) < 4.78 is 12.0. The van der Waals surface area contributed by atoms with E-state index in [0.717, 1.165) is 38.9 Å². The second kappa shape index (κ2) is 3.44. The van der Waals surface area contributed by atoms with Crippen LogP contribution in [0.3, 0.4) is 0 Å². The molecule has 3 aliphatic rings. The Balaban J connectivity index is 1.66. The fourth-order valence-corrected chi connectivity index (χ4v) is 3.54. The van der Waals surface area contributed by atoms with Crippen LogP contribution >= 0.6 is 0 Å². The maximum absolute atomic E-state index is 9.62. The van der Waals surface area contributed by atoms with Crippen molar-refractivity contribution in [2.45, 2.75) is 51.4 Å². The zero-order valence-electron chi connectivity index (χ0n) is 10.2. The average molecular weight is 226 g/mol. The summed E-state index contributed by atoms with van der Waals surface area (Å²) in [6.45, 7) is 5.96. The van der Waals surface area contributed by atoms with Gasteiger partial charge in [-0.15, -0.1) is 0 Å². The molecule has 1 aliphatic heterocycles. The largest absolute Gasteiger partial charge is 0.393 e. The number of aliphatic hydroxyl groups is 1. The van der Waals surface area contributed by atoms with Crippen LogP contribution in [0.25, 0.3) is 0 Å². The molecule has 3 heteroatoms. The topological polar surface area (TPSA) is 38.7 Å². The van der Waals surface area contributed by atoms with E-state index < -0.39 is 0 Å². The van der Waals surface area contributed by atoms with Gasteiger partial charge < -0.3 is 14.6 Å². The SMILES string of the molecule is CC1(C)COC2(C[C@H]3C[C@H](O)C[C@H]3C2)OC1. The number of rotatable bonds is 0. The van der Waals surface area contributed by atoms with Crippen molar-refractivity contribution >= 4 is 0 Å². The molecule has 1 saturated heterocycles. The first-order valence-electron chi connectivity index (χ1n) is 6.44. The van der Waals surface area contributed by atoms with E-state index in [2.05, 4.69) is 13.8 Å². The Kier molecular flexibility index (Phi) is 2.36. The summed E-state index contributed by atoms with van der Waals surface area (Å²) in [7, 11) is 0. The van der Waals surface area contributed by atoms with Gasteiger partial charge in [0.2, 0.25) is 0 Å². The minimum atomic E-state index is -0.301. The monoisotopic (exact) mass is 226 g/mol. The van der Waals surface area contributed by atoms with Crippen LogP contribution in [0, 0.1) is 17.3 Å². The van der Waals surface area contributed by atoms with Gasteiger partial charge in [0, 0.05) is 18.3 Å². The van der Waals surface area contributed by atoms with Gasteiger partial charge in [-0.2, -0.15) is 0 Å². The minimum absolute atomic E-state index is 0.0765. The summed E-state index contributed by atoms with van der Waals surface area (Å²) in [6, 6.07) is 0. The molecule has 2 aliphatic carbocycles. The van der Waals surface area contributed by atoms with Gasteiger partial charge in [-0.3, -0.25) is 0 Å². The van der Waals surface area contributed by atoms with Gasteiger partial charge in [-0.25, -0.2) is 0 Å². The van der Waals surface area contributed by atoms with E-state index in [1.54, 1.807) is 0 Å². The smallest absolute Gasteiger partial charge is 0.168 e. The second-order valence-corrected chi connectivity index (χ2v) is 6.71. The summed E-state index contributed by atoms with van der Waals surface area (Å²) in [5.41, 5.74) is 0.155. The van der Waals surface area contributed by atoms with Gasteiger partial charge in [0.25, 0.3) is 0 Å². The third-order valence-corrected chi connectivity index (χ3v) is 4.41. The molecule has 3 fully saturated rings. The fraction of sp³-hybridized carbons (Fsp3) is 1.00. The molecule has 1 heterocycles. The van der Waals surface area contributed by atoms with Gasteiger partial charge in [0.15, 0.2) is 5.79 Å². The van der Waals surface area contributed by atoms with Crippen molar-refractivity contribution in [2.24, 2.45) is 17.3 Å². The van der Waals surface area contributed by atoms with Crippen LogP contribution in [-0.4, -0.2) is 30.2 Å².